The highest BCUT2D eigenvalue weighted by molar-refractivity contribution is 5.98. The first-order chi connectivity index (χ1) is 15.6. The number of methoxy groups -OCH3 is 1. The van der Waals surface area contributed by atoms with Crippen LogP contribution in [0.15, 0.2) is 60.8 Å². The second-order valence-electron chi connectivity index (χ2n) is 9.83. The minimum Gasteiger partial charge on any atom is -0.497 e. The van der Waals surface area contributed by atoms with E-state index >= 15 is 0 Å². The fraction of sp³-hybridized carbons (Fsp3) is 0.429. The lowest BCUT2D eigenvalue weighted by molar-refractivity contribution is -0.136. The summed E-state index contributed by atoms with van der Waals surface area (Å²) in [7, 11) is 1.67. The van der Waals surface area contributed by atoms with Gasteiger partial charge in [0.1, 0.15) is 5.75 Å². The standard InChI is InChI=1S/C28H37N3O2/c1-20(2)30-14-13-23(18-30)19-31(21(3)29)27(32)28(4,5)17-22-9-7-10-24(15-22)25-11-8-12-26(16-25)33-6/h7-12,15-16,23,29H,1,13-14,17-19H2,2-6H3. The number of amides is 1. The van der Waals surface area contributed by atoms with Gasteiger partial charge in [0.2, 0.25) is 5.91 Å². The lowest BCUT2D eigenvalue weighted by Gasteiger charge is -2.33. The van der Waals surface area contributed by atoms with Crippen molar-refractivity contribution in [3.63, 3.8) is 0 Å². The van der Waals surface area contributed by atoms with Crippen LogP contribution >= 0.6 is 0 Å². The van der Waals surface area contributed by atoms with Crippen molar-refractivity contribution in [2.75, 3.05) is 26.7 Å². The molecule has 1 aliphatic rings. The first-order valence-electron chi connectivity index (χ1n) is 11.6. The Labute approximate surface area is 198 Å². The van der Waals surface area contributed by atoms with Gasteiger partial charge in [-0.05, 0) is 61.4 Å². The second-order valence-corrected chi connectivity index (χ2v) is 9.83. The summed E-state index contributed by atoms with van der Waals surface area (Å²) < 4.78 is 5.36. The molecule has 1 saturated heterocycles. The van der Waals surface area contributed by atoms with E-state index in [1.807, 2.05) is 45.0 Å². The molecule has 2 aromatic carbocycles. The summed E-state index contributed by atoms with van der Waals surface area (Å²) in [6.45, 7) is 14.2. The lowest BCUT2D eigenvalue weighted by Crippen LogP contribution is -2.46. The zero-order chi connectivity index (χ0) is 24.2. The Hall–Kier alpha value is -3.08. The van der Waals surface area contributed by atoms with Gasteiger partial charge in [-0.3, -0.25) is 10.2 Å². The van der Waals surface area contributed by atoms with Crippen molar-refractivity contribution in [2.45, 2.75) is 40.5 Å². The van der Waals surface area contributed by atoms with Gasteiger partial charge in [-0.15, -0.1) is 0 Å². The molecule has 5 nitrogen and oxygen atoms in total. The first kappa shape index (κ1) is 24.6. The van der Waals surface area contributed by atoms with Crippen LogP contribution in [0.1, 0.15) is 39.7 Å². The van der Waals surface area contributed by atoms with Gasteiger partial charge < -0.3 is 14.5 Å². The molecule has 0 radical (unpaired) electrons. The van der Waals surface area contributed by atoms with Crippen molar-refractivity contribution in [1.29, 1.82) is 5.41 Å². The summed E-state index contributed by atoms with van der Waals surface area (Å²) in [6.07, 6.45) is 1.63. The molecule has 0 bridgehead atoms. The smallest absolute Gasteiger partial charge is 0.233 e. The maximum atomic E-state index is 13.6. The van der Waals surface area contributed by atoms with E-state index in [0.717, 1.165) is 47.6 Å². The van der Waals surface area contributed by atoms with Crippen LogP contribution in [0.25, 0.3) is 11.1 Å². The molecule has 33 heavy (non-hydrogen) atoms. The largest absolute Gasteiger partial charge is 0.497 e. The summed E-state index contributed by atoms with van der Waals surface area (Å²) in [4.78, 5) is 17.5. The molecule has 5 heteroatoms. The van der Waals surface area contributed by atoms with E-state index in [0.29, 0.717) is 24.7 Å². The Kier molecular flexibility index (Phi) is 7.62. The first-order valence-corrected chi connectivity index (χ1v) is 11.6. The van der Waals surface area contributed by atoms with Gasteiger partial charge in [-0.2, -0.15) is 0 Å². The SMILES string of the molecule is C=C(C)N1CCC(CN(C(C)=N)C(=O)C(C)(C)Cc2cccc(-c3cccc(OC)c3)c2)C1. The molecule has 1 unspecified atom stereocenters. The topological polar surface area (TPSA) is 56.6 Å². The summed E-state index contributed by atoms with van der Waals surface area (Å²) >= 11 is 0. The van der Waals surface area contributed by atoms with Gasteiger partial charge in [0.05, 0.1) is 12.9 Å². The fourth-order valence-corrected chi connectivity index (χ4v) is 4.57. The minimum absolute atomic E-state index is 0.00978. The van der Waals surface area contributed by atoms with Gasteiger partial charge in [-0.1, -0.05) is 56.8 Å². The molecule has 1 fully saturated rings. The summed E-state index contributed by atoms with van der Waals surface area (Å²) in [6, 6.07) is 16.3. The third-order valence-corrected chi connectivity index (χ3v) is 6.47. The van der Waals surface area contributed by atoms with E-state index < -0.39 is 5.41 Å². The summed E-state index contributed by atoms with van der Waals surface area (Å²) in [5.41, 5.74) is 3.73. The fourth-order valence-electron chi connectivity index (χ4n) is 4.57. The molecule has 0 aromatic heterocycles. The highest BCUT2D eigenvalue weighted by atomic mass is 16.5. The Bertz CT molecular complexity index is 1030. The molecule has 1 heterocycles. The van der Waals surface area contributed by atoms with Gasteiger partial charge in [0.25, 0.3) is 0 Å². The highest BCUT2D eigenvalue weighted by Crippen LogP contribution is 2.30. The Morgan fingerprint density at radius 2 is 1.85 bits per heavy atom. The van der Waals surface area contributed by atoms with E-state index in [2.05, 4.69) is 35.7 Å². The minimum atomic E-state index is -0.623. The quantitative estimate of drug-likeness (QED) is 0.423. The van der Waals surface area contributed by atoms with Gasteiger partial charge in [0, 0.05) is 30.7 Å². The van der Waals surface area contributed by atoms with E-state index in [1.54, 1.807) is 18.9 Å². The number of likely N-dealkylation sites (tertiary alicyclic amines) is 1. The monoisotopic (exact) mass is 447 g/mol. The van der Waals surface area contributed by atoms with Crippen LogP contribution in [0.5, 0.6) is 5.75 Å². The number of rotatable bonds is 8. The second kappa shape index (κ2) is 10.2. The molecule has 2 aromatic rings. The number of nitrogens with zero attached hydrogens (tertiary/aromatic N) is 2. The molecule has 1 N–H and O–H groups in total. The van der Waals surface area contributed by atoms with E-state index in [1.165, 1.54) is 0 Å². The van der Waals surface area contributed by atoms with Crippen molar-refractivity contribution in [1.82, 2.24) is 9.80 Å². The highest BCUT2D eigenvalue weighted by Gasteiger charge is 2.35. The number of hydrogen-bond donors (Lipinski definition) is 1. The summed E-state index contributed by atoms with van der Waals surface area (Å²) in [5.74, 6) is 1.50. The Balaban J connectivity index is 1.75. The van der Waals surface area contributed by atoms with Crippen molar-refractivity contribution in [2.24, 2.45) is 11.3 Å². The van der Waals surface area contributed by atoms with E-state index in [9.17, 15) is 4.79 Å². The third-order valence-electron chi connectivity index (χ3n) is 6.47. The summed E-state index contributed by atoms with van der Waals surface area (Å²) in [5, 5.41) is 8.29. The number of nitrogens with one attached hydrogen (secondary N) is 1. The maximum Gasteiger partial charge on any atom is 0.233 e. The van der Waals surface area contributed by atoms with Crippen molar-refractivity contribution in [3.05, 3.63) is 66.4 Å². The zero-order valence-corrected chi connectivity index (χ0v) is 20.6. The molecular formula is C28H37N3O2. The molecule has 0 aliphatic carbocycles. The normalized spacial score (nSPS) is 15.9. The average molecular weight is 448 g/mol. The third kappa shape index (κ3) is 6.04. The zero-order valence-electron chi connectivity index (χ0n) is 20.6. The van der Waals surface area contributed by atoms with Crippen LogP contribution < -0.4 is 4.74 Å². The van der Waals surface area contributed by atoms with Crippen LogP contribution in [0.4, 0.5) is 0 Å². The number of carbonyl (C=O) groups excluding carboxylic acids is 1. The predicted octanol–water partition coefficient (Wildman–Crippen LogP) is 5.61. The molecule has 3 rings (SSSR count). The molecule has 0 spiro atoms. The lowest BCUT2D eigenvalue weighted by atomic mass is 9.83. The van der Waals surface area contributed by atoms with Crippen LogP contribution in [0.3, 0.4) is 0 Å². The average Bonchev–Trinajstić information content (AvgIpc) is 3.26. The van der Waals surface area contributed by atoms with Crippen LogP contribution in [0, 0.1) is 16.7 Å². The molecular weight excluding hydrogens is 410 g/mol. The molecule has 1 atom stereocenters. The number of allylic oxidation sites excluding steroid dienone is 1. The Morgan fingerprint density at radius 3 is 2.45 bits per heavy atom. The van der Waals surface area contributed by atoms with Gasteiger partial charge in [0.15, 0.2) is 0 Å². The van der Waals surface area contributed by atoms with Gasteiger partial charge in [-0.25, -0.2) is 0 Å². The number of benzene rings is 2. The number of carbonyl (C=O) groups is 1. The van der Waals surface area contributed by atoms with Crippen molar-refractivity contribution in [3.8, 4) is 16.9 Å². The molecule has 1 amide bonds. The van der Waals surface area contributed by atoms with Crippen molar-refractivity contribution < 1.29 is 9.53 Å². The van der Waals surface area contributed by atoms with Crippen LogP contribution in [-0.4, -0.2) is 48.3 Å². The number of hydrogen-bond acceptors (Lipinski definition) is 4. The molecule has 176 valence electrons. The van der Waals surface area contributed by atoms with E-state index in [4.69, 9.17) is 10.1 Å². The van der Waals surface area contributed by atoms with Crippen molar-refractivity contribution >= 4 is 11.7 Å². The number of ether oxygens (including phenoxy) is 1. The Morgan fingerprint density at radius 1 is 1.18 bits per heavy atom. The maximum absolute atomic E-state index is 13.6. The van der Waals surface area contributed by atoms with Crippen LogP contribution in [-0.2, 0) is 11.2 Å². The van der Waals surface area contributed by atoms with E-state index in [-0.39, 0.29) is 5.91 Å². The molecule has 1 aliphatic heterocycles. The molecule has 0 saturated carbocycles. The number of amidine groups is 1. The van der Waals surface area contributed by atoms with Crippen LogP contribution in [0.2, 0.25) is 0 Å². The predicted molar refractivity (Wildman–Crippen MR) is 136 cm³/mol. The van der Waals surface area contributed by atoms with Gasteiger partial charge >= 0.3 is 0 Å².